The second-order valence-corrected chi connectivity index (χ2v) is 9.94. The molecule has 2 aromatic rings. The van der Waals surface area contributed by atoms with Crippen molar-refractivity contribution in [2.45, 2.75) is 12.6 Å². The van der Waals surface area contributed by atoms with Gasteiger partial charge >= 0.3 is 0 Å². The first kappa shape index (κ1) is 14.0. The van der Waals surface area contributed by atoms with Crippen LogP contribution in [0.1, 0.15) is 0 Å². The Bertz CT molecular complexity index is 454. The molecule has 100 valence electrons. The van der Waals surface area contributed by atoms with Crippen LogP contribution in [-0.4, -0.2) is 33.6 Å². The number of hydrogen-bond donors (Lipinski definition) is 0. The zero-order chi connectivity index (χ0) is 13.7. The van der Waals surface area contributed by atoms with E-state index in [0.717, 1.165) is 6.54 Å². The topological polar surface area (TPSA) is 3.24 Å². The average Bonchev–Trinajstić information content (AvgIpc) is 2.46. The van der Waals surface area contributed by atoms with Gasteiger partial charge in [0.25, 0.3) is 0 Å². The minimum atomic E-state index is -1.61. The van der Waals surface area contributed by atoms with Crippen molar-refractivity contribution < 1.29 is 0 Å². The predicted molar refractivity (Wildman–Crippen MR) is 87.1 cm³/mol. The van der Waals surface area contributed by atoms with Crippen LogP contribution in [0, 0.1) is 0 Å². The Balaban J connectivity index is 2.39. The van der Waals surface area contributed by atoms with Gasteiger partial charge < -0.3 is 4.90 Å². The molecule has 0 bridgehead atoms. The molecular formula is C17H23NSi. The number of benzene rings is 2. The predicted octanol–water partition coefficient (Wildman–Crippen LogP) is 2.44. The van der Waals surface area contributed by atoms with Crippen LogP contribution < -0.4 is 10.4 Å². The summed E-state index contributed by atoms with van der Waals surface area (Å²) in [6, 6.07) is 23.3. The summed E-state index contributed by atoms with van der Waals surface area (Å²) in [6.07, 6.45) is 0. The summed E-state index contributed by atoms with van der Waals surface area (Å²) < 4.78 is 0. The van der Waals surface area contributed by atoms with Crippen molar-refractivity contribution in [3.63, 3.8) is 0 Å². The van der Waals surface area contributed by atoms with Crippen LogP contribution in [0.2, 0.25) is 12.6 Å². The molecule has 0 N–H and O–H groups in total. The van der Waals surface area contributed by atoms with Crippen LogP contribution in [0.15, 0.2) is 60.7 Å². The Kier molecular flexibility index (Phi) is 4.56. The maximum absolute atomic E-state index is 2.49. The molecule has 0 heterocycles. The lowest BCUT2D eigenvalue weighted by Crippen LogP contribution is -2.56. The van der Waals surface area contributed by atoms with Gasteiger partial charge in [-0.25, -0.2) is 0 Å². The number of nitrogens with zero attached hydrogens (tertiary/aromatic N) is 1. The van der Waals surface area contributed by atoms with Crippen LogP contribution in [0.4, 0.5) is 0 Å². The molecule has 0 unspecified atom stereocenters. The van der Waals surface area contributed by atoms with Crippen molar-refractivity contribution in [2.75, 3.05) is 20.6 Å². The fraction of sp³-hybridized carbons (Fsp3) is 0.294. The SMILES string of the molecule is CN(C)CC[Si](C)(c1ccccc1)c1ccccc1. The quantitative estimate of drug-likeness (QED) is 0.754. The van der Waals surface area contributed by atoms with Gasteiger partial charge in [-0.2, -0.15) is 0 Å². The van der Waals surface area contributed by atoms with E-state index in [1.807, 2.05) is 0 Å². The van der Waals surface area contributed by atoms with Crippen LogP contribution in [0.5, 0.6) is 0 Å². The number of rotatable bonds is 5. The van der Waals surface area contributed by atoms with E-state index in [4.69, 9.17) is 0 Å². The van der Waals surface area contributed by atoms with Crippen molar-refractivity contribution in [3.8, 4) is 0 Å². The second kappa shape index (κ2) is 6.18. The van der Waals surface area contributed by atoms with Crippen LogP contribution >= 0.6 is 0 Å². The van der Waals surface area contributed by atoms with Crippen LogP contribution in [0.3, 0.4) is 0 Å². The summed E-state index contributed by atoms with van der Waals surface area (Å²) in [6.45, 7) is 3.63. The van der Waals surface area contributed by atoms with Gasteiger partial charge in [0.15, 0.2) is 0 Å². The second-order valence-electron chi connectivity index (χ2n) is 5.62. The van der Waals surface area contributed by atoms with E-state index in [2.05, 4.69) is 86.2 Å². The normalized spacial score (nSPS) is 11.8. The van der Waals surface area contributed by atoms with Crippen molar-refractivity contribution in [1.82, 2.24) is 4.90 Å². The van der Waals surface area contributed by atoms with E-state index in [1.54, 1.807) is 0 Å². The van der Waals surface area contributed by atoms with E-state index >= 15 is 0 Å². The first-order valence-electron chi connectivity index (χ1n) is 6.89. The van der Waals surface area contributed by atoms with Gasteiger partial charge in [0.1, 0.15) is 8.07 Å². The Morgan fingerprint density at radius 3 is 1.58 bits per heavy atom. The fourth-order valence-electron chi connectivity index (χ4n) is 2.51. The van der Waals surface area contributed by atoms with Crippen molar-refractivity contribution in [1.29, 1.82) is 0 Å². The Morgan fingerprint density at radius 2 is 1.21 bits per heavy atom. The van der Waals surface area contributed by atoms with Gasteiger partial charge in [0, 0.05) is 0 Å². The minimum Gasteiger partial charge on any atom is -0.310 e. The smallest absolute Gasteiger partial charge is 0.116 e. The molecule has 0 aliphatic heterocycles. The van der Waals surface area contributed by atoms with E-state index in [-0.39, 0.29) is 0 Å². The lowest BCUT2D eigenvalue weighted by molar-refractivity contribution is 0.432. The third kappa shape index (κ3) is 3.34. The first-order valence-corrected chi connectivity index (χ1v) is 9.59. The highest BCUT2D eigenvalue weighted by molar-refractivity contribution is 7.01. The maximum Gasteiger partial charge on any atom is 0.116 e. The lowest BCUT2D eigenvalue weighted by atomic mass is 10.4. The zero-order valence-corrected chi connectivity index (χ0v) is 13.1. The molecule has 1 nitrogen and oxygen atoms in total. The third-order valence-electron chi connectivity index (χ3n) is 3.88. The van der Waals surface area contributed by atoms with Crippen molar-refractivity contribution >= 4 is 18.4 Å². The molecule has 19 heavy (non-hydrogen) atoms. The molecule has 0 amide bonds. The molecule has 2 rings (SSSR count). The highest BCUT2D eigenvalue weighted by atomic mass is 28.3. The molecule has 0 atom stereocenters. The molecule has 0 aromatic heterocycles. The van der Waals surface area contributed by atoms with Gasteiger partial charge in [-0.3, -0.25) is 0 Å². The molecule has 2 heteroatoms. The lowest BCUT2D eigenvalue weighted by Gasteiger charge is -2.30. The van der Waals surface area contributed by atoms with E-state index in [9.17, 15) is 0 Å². The fourth-order valence-corrected chi connectivity index (χ4v) is 6.18. The van der Waals surface area contributed by atoms with Gasteiger partial charge in [-0.1, -0.05) is 77.6 Å². The Labute approximate surface area is 117 Å². The van der Waals surface area contributed by atoms with Gasteiger partial charge in [0.2, 0.25) is 0 Å². The van der Waals surface area contributed by atoms with Crippen molar-refractivity contribution in [2.24, 2.45) is 0 Å². The summed E-state index contributed by atoms with van der Waals surface area (Å²) in [5, 5.41) is 3.06. The van der Waals surface area contributed by atoms with E-state index in [0.29, 0.717) is 0 Å². The van der Waals surface area contributed by atoms with Crippen molar-refractivity contribution in [3.05, 3.63) is 60.7 Å². The monoisotopic (exact) mass is 269 g/mol. The highest BCUT2D eigenvalue weighted by Gasteiger charge is 2.31. The molecule has 0 aliphatic carbocycles. The molecule has 0 saturated heterocycles. The van der Waals surface area contributed by atoms with Crippen LogP contribution in [0.25, 0.3) is 0 Å². The van der Waals surface area contributed by atoms with Gasteiger partial charge in [0.05, 0.1) is 0 Å². The summed E-state index contributed by atoms with van der Waals surface area (Å²) in [5.41, 5.74) is 0. The van der Waals surface area contributed by atoms with E-state index < -0.39 is 8.07 Å². The molecule has 2 aromatic carbocycles. The van der Waals surface area contributed by atoms with Crippen LogP contribution in [-0.2, 0) is 0 Å². The Hall–Kier alpha value is -1.38. The van der Waals surface area contributed by atoms with Gasteiger partial charge in [-0.15, -0.1) is 0 Å². The zero-order valence-electron chi connectivity index (χ0n) is 12.1. The summed E-state index contributed by atoms with van der Waals surface area (Å²) in [4.78, 5) is 2.29. The summed E-state index contributed by atoms with van der Waals surface area (Å²) in [7, 11) is 2.71. The third-order valence-corrected chi connectivity index (χ3v) is 8.32. The summed E-state index contributed by atoms with van der Waals surface area (Å²) in [5.74, 6) is 0. The molecule has 0 saturated carbocycles. The first-order chi connectivity index (χ1) is 9.13. The maximum atomic E-state index is 2.49. The Morgan fingerprint density at radius 1 is 0.789 bits per heavy atom. The molecule has 0 spiro atoms. The average molecular weight is 269 g/mol. The largest absolute Gasteiger partial charge is 0.310 e. The van der Waals surface area contributed by atoms with Gasteiger partial charge in [-0.05, 0) is 26.7 Å². The number of hydrogen-bond acceptors (Lipinski definition) is 1. The molecule has 0 radical (unpaired) electrons. The molecule has 0 fully saturated rings. The molecule has 0 aliphatic rings. The van der Waals surface area contributed by atoms with E-state index in [1.165, 1.54) is 16.4 Å². The standard InChI is InChI=1S/C17H23NSi/c1-18(2)14-15-19(3,16-10-6-4-7-11-16)17-12-8-5-9-13-17/h4-13H,14-15H2,1-3H3. The highest BCUT2D eigenvalue weighted by Crippen LogP contribution is 2.11. The molecular weight excluding hydrogens is 246 g/mol. The summed E-state index contributed by atoms with van der Waals surface area (Å²) >= 11 is 0. The minimum absolute atomic E-state index is 1.15.